The number of nitrogens with one attached hydrogen (secondary N) is 1. The number of aliphatic hydroxyl groups excluding tert-OH is 1. The van der Waals surface area contributed by atoms with E-state index in [1.54, 1.807) is 23.1 Å². The summed E-state index contributed by atoms with van der Waals surface area (Å²) in [5.74, 6) is 0. The highest BCUT2D eigenvalue weighted by Crippen LogP contribution is 2.22. The van der Waals surface area contributed by atoms with Crippen LogP contribution in [0.5, 0.6) is 0 Å². The third-order valence-electron chi connectivity index (χ3n) is 2.55. The van der Waals surface area contributed by atoms with Gasteiger partial charge in [0.05, 0.1) is 6.61 Å². The van der Waals surface area contributed by atoms with E-state index in [1.807, 2.05) is 6.92 Å². The predicted octanol–water partition coefficient (Wildman–Crippen LogP) is 3.62. The molecule has 1 aromatic carbocycles. The van der Waals surface area contributed by atoms with E-state index in [-0.39, 0.29) is 12.6 Å². The number of amides is 2. The van der Waals surface area contributed by atoms with Gasteiger partial charge in [0.1, 0.15) is 0 Å². The van der Waals surface area contributed by atoms with Crippen LogP contribution in [0.1, 0.15) is 19.8 Å². The SMILES string of the molecule is CCCCN(CCO)C(=O)Nc1cc(Cl)cc(Cl)c1. The number of nitrogens with zero attached hydrogens (tertiary/aromatic N) is 1. The van der Waals surface area contributed by atoms with Crippen molar-refractivity contribution in [2.24, 2.45) is 0 Å². The van der Waals surface area contributed by atoms with Gasteiger partial charge in [-0.1, -0.05) is 36.5 Å². The smallest absolute Gasteiger partial charge is 0.321 e. The van der Waals surface area contributed by atoms with Crippen LogP contribution in [0.25, 0.3) is 0 Å². The van der Waals surface area contributed by atoms with E-state index in [0.717, 1.165) is 12.8 Å². The van der Waals surface area contributed by atoms with Crippen LogP contribution in [0.15, 0.2) is 18.2 Å². The van der Waals surface area contributed by atoms with Crippen LogP contribution in [-0.2, 0) is 0 Å². The molecule has 0 saturated heterocycles. The molecule has 0 saturated carbocycles. The number of hydrogen-bond acceptors (Lipinski definition) is 2. The molecular weight excluding hydrogens is 287 g/mol. The van der Waals surface area contributed by atoms with E-state index < -0.39 is 0 Å². The van der Waals surface area contributed by atoms with Crippen LogP contribution in [0, 0.1) is 0 Å². The molecule has 6 heteroatoms. The van der Waals surface area contributed by atoms with Crippen molar-refractivity contribution in [3.63, 3.8) is 0 Å². The number of unbranched alkanes of at least 4 members (excludes halogenated alkanes) is 1. The summed E-state index contributed by atoms with van der Waals surface area (Å²) in [5.41, 5.74) is 0.543. The van der Waals surface area contributed by atoms with Gasteiger partial charge in [-0.3, -0.25) is 0 Å². The summed E-state index contributed by atoms with van der Waals surface area (Å²) < 4.78 is 0. The molecule has 4 nitrogen and oxygen atoms in total. The van der Waals surface area contributed by atoms with Gasteiger partial charge in [0.15, 0.2) is 0 Å². The average molecular weight is 305 g/mol. The summed E-state index contributed by atoms with van der Waals surface area (Å²) in [7, 11) is 0. The minimum atomic E-state index is -0.263. The fourth-order valence-electron chi connectivity index (χ4n) is 1.61. The Bertz CT molecular complexity index is 407. The lowest BCUT2D eigenvalue weighted by atomic mass is 10.3. The van der Waals surface area contributed by atoms with E-state index in [1.165, 1.54) is 0 Å². The molecule has 0 aliphatic heterocycles. The highest BCUT2D eigenvalue weighted by Gasteiger charge is 2.12. The normalized spacial score (nSPS) is 10.3. The first kappa shape index (κ1) is 16.1. The lowest BCUT2D eigenvalue weighted by Gasteiger charge is -2.22. The Balaban J connectivity index is 2.69. The summed E-state index contributed by atoms with van der Waals surface area (Å²) in [5, 5.41) is 12.6. The highest BCUT2D eigenvalue weighted by atomic mass is 35.5. The van der Waals surface area contributed by atoms with Gasteiger partial charge in [-0.25, -0.2) is 4.79 Å². The number of rotatable bonds is 6. The first-order valence-electron chi connectivity index (χ1n) is 6.19. The van der Waals surface area contributed by atoms with Gasteiger partial charge in [-0.2, -0.15) is 0 Å². The third-order valence-corrected chi connectivity index (χ3v) is 2.99. The quantitative estimate of drug-likeness (QED) is 0.843. The van der Waals surface area contributed by atoms with E-state index in [2.05, 4.69) is 5.32 Å². The number of hydrogen-bond donors (Lipinski definition) is 2. The standard InChI is InChI=1S/C13H18Cl2N2O2/c1-2-3-4-17(5-6-18)13(19)16-12-8-10(14)7-11(15)9-12/h7-9,18H,2-6H2,1H3,(H,16,19). The second kappa shape index (κ2) is 8.25. The van der Waals surface area contributed by atoms with E-state index in [9.17, 15) is 4.79 Å². The van der Waals surface area contributed by atoms with Crippen LogP contribution < -0.4 is 5.32 Å². The molecule has 0 atom stereocenters. The Labute approximate surface area is 123 Å². The Morgan fingerprint density at radius 1 is 1.26 bits per heavy atom. The summed E-state index contributed by atoms with van der Waals surface area (Å²) in [6, 6.07) is 4.59. The maximum atomic E-state index is 12.0. The average Bonchev–Trinajstić information content (AvgIpc) is 2.33. The molecular formula is C13H18Cl2N2O2. The van der Waals surface area contributed by atoms with Gasteiger partial charge < -0.3 is 15.3 Å². The van der Waals surface area contributed by atoms with Crippen LogP contribution in [0.2, 0.25) is 10.0 Å². The van der Waals surface area contributed by atoms with Gasteiger partial charge in [0, 0.05) is 28.8 Å². The van der Waals surface area contributed by atoms with Crippen molar-refractivity contribution in [2.75, 3.05) is 25.0 Å². The van der Waals surface area contributed by atoms with Crippen LogP contribution >= 0.6 is 23.2 Å². The van der Waals surface area contributed by atoms with Crippen molar-refractivity contribution in [3.05, 3.63) is 28.2 Å². The lowest BCUT2D eigenvalue weighted by molar-refractivity contribution is 0.187. The summed E-state index contributed by atoms with van der Waals surface area (Å²) in [4.78, 5) is 13.6. The minimum Gasteiger partial charge on any atom is -0.395 e. The molecule has 0 bridgehead atoms. The molecule has 19 heavy (non-hydrogen) atoms. The van der Waals surface area contributed by atoms with Gasteiger partial charge in [0.2, 0.25) is 0 Å². The zero-order valence-corrected chi connectivity index (χ0v) is 12.3. The largest absolute Gasteiger partial charge is 0.395 e. The molecule has 0 heterocycles. The van der Waals surface area contributed by atoms with E-state index >= 15 is 0 Å². The van der Waals surface area contributed by atoms with Gasteiger partial charge >= 0.3 is 6.03 Å². The molecule has 1 aromatic rings. The second-order valence-electron chi connectivity index (χ2n) is 4.15. The number of aliphatic hydroxyl groups is 1. The number of benzene rings is 1. The number of anilines is 1. The zero-order valence-electron chi connectivity index (χ0n) is 10.8. The van der Waals surface area contributed by atoms with Crippen LogP contribution in [-0.4, -0.2) is 35.7 Å². The molecule has 2 N–H and O–H groups in total. The zero-order chi connectivity index (χ0) is 14.3. The predicted molar refractivity (Wildman–Crippen MR) is 79.0 cm³/mol. The summed E-state index contributed by atoms with van der Waals surface area (Å²) in [6.07, 6.45) is 1.88. The third kappa shape index (κ3) is 5.68. The molecule has 0 spiro atoms. The van der Waals surface area contributed by atoms with Crippen molar-refractivity contribution in [2.45, 2.75) is 19.8 Å². The molecule has 0 aromatic heterocycles. The number of halogens is 2. The Morgan fingerprint density at radius 2 is 1.89 bits per heavy atom. The second-order valence-corrected chi connectivity index (χ2v) is 5.03. The molecule has 0 unspecified atom stereocenters. The Kier molecular flexibility index (Phi) is 6.99. The fraction of sp³-hybridized carbons (Fsp3) is 0.462. The van der Waals surface area contributed by atoms with Crippen molar-refractivity contribution in [1.29, 1.82) is 0 Å². The monoisotopic (exact) mass is 304 g/mol. The fourth-order valence-corrected chi connectivity index (χ4v) is 2.14. The number of carbonyl (C=O) groups is 1. The van der Waals surface area contributed by atoms with E-state index in [0.29, 0.717) is 28.8 Å². The summed E-state index contributed by atoms with van der Waals surface area (Å²) >= 11 is 11.7. The van der Waals surface area contributed by atoms with Crippen molar-refractivity contribution in [3.8, 4) is 0 Å². The van der Waals surface area contributed by atoms with Crippen LogP contribution in [0.3, 0.4) is 0 Å². The molecule has 0 aliphatic carbocycles. The Hall–Kier alpha value is -0.970. The van der Waals surface area contributed by atoms with Crippen molar-refractivity contribution in [1.82, 2.24) is 4.90 Å². The maximum absolute atomic E-state index is 12.0. The van der Waals surface area contributed by atoms with E-state index in [4.69, 9.17) is 28.3 Å². The topological polar surface area (TPSA) is 52.6 Å². The lowest BCUT2D eigenvalue weighted by Crippen LogP contribution is -2.37. The molecule has 0 fully saturated rings. The maximum Gasteiger partial charge on any atom is 0.321 e. The first-order valence-corrected chi connectivity index (χ1v) is 6.95. The number of urea groups is 1. The van der Waals surface area contributed by atoms with Crippen molar-refractivity contribution < 1.29 is 9.90 Å². The molecule has 2 amide bonds. The summed E-state index contributed by atoms with van der Waals surface area (Å²) in [6.45, 7) is 2.90. The van der Waals surface area contributed by atoms with Crippen molar-refractivity contribution >= 4 is 34.9 Å². The van der Waals surface area contributed by atoms with Gasteiger partial charge in [0.25, 0.3) is 0 Å². The first-order chi connectivity index (χ1) is 9.06. The van der Waals surface area contributed by atoms with Crippen LogP contribution in [0.4, 0.5) is 10.5 Å². The molecule has 0 radical (unpaired) electrons. The Morgan fingerprint density at radius 3 is 2.42 bits per heavy atom. The van der Waals surface area contributed by atoms with Gasteiger partial charge in [-0.05, 0) is 24.6 Å². The minimum absolute atomic E-state index is 0.0621. The van der Waals surface area contributed by atoms with Gasteiger partial charge in [-0.15, -0.1) is 0 Å². The molecule has 0 aliphatic rings. The highest BCUT2D eigenvalue weighted by molar-refractivity contribution is 6.35. The molecule has 106 valence electrons. The molecule has 1 rings (SSSR count). The number of carbonyl (C=O) groups excluding carboxylic acids is 1.